The molecule has 0 aromatic carbocycles. The van der Waals surface area contributed by atoms with Crippen molar-refractivity contribution in [1.82, 2.24) is 25.1 Å². The van der Waals surface area contributed by atoms with Crippen LogP contribution in [0.25, 0.3) is 0 Å². The molecule has 1 unspecified atom stereocenters. The van der Waals surface area contributed by atoms with Crippen LogP contribution in [-0.4, -0.2) is 59.2 Å². The highest BCUT2D eigenvalue weighted by atomic mass is 15.3. The minimum Gasteiger partial charge on any atom is -0.356 e. The van der Waals surface area contributed by atoms with Crippen LogP contribution in [0.3, 0.4) is 0 Å². The molecule has 2 aliphatic heterocycles. The van der Waals surface area contributed by atoms with E-state index in [0.29, 0.717) is 6.04 Å². The van der Waals surface area contributed by atoms with Gasteiger partial charge in [0.2, 0.25) is 0 Å². The number of hydrogen-bond donors (Lipinski definition) is 2. The number of guanidine groups is 1. The van der Waals surface area contributed by atoms with Gasteiger partial charge in [-0.05, 0) is 32.1 Å². The Morgan fingerprint density at radius 2 is 2.21 bits per heavy atom. The second-order valence-electron chi connectivity index (χ2n) is 7.40. The molecule has 0 bridgehead atoms. The number of fused-ring (bicyclic) bond motifs is 1. The van der Waals surface area contributed by atoms with Gasteiger partial charge < -0.3 is 15.2 Å². The molecule has 6 heteroatoms. The van der Waals surface area contributed by atoms with E-state index in [-0.39, 0.29) is 0 Å². The molecule has 0 amide bonds. The summed E-state index contributed by atoms with van der Waals surface area (Å²) in [5, 5.41) is 7.04. The van der Waals surface area contributed by atoms with Crippen molar-refractivity contribution in [2.24, 2.45) is 4.99 Å². The van der Waals surface area contributed by atoms with Gasteiger partial charge in [-0.15, -0.1) is 0 Å². The van der Waals surface area contributed by atoms with Crippen LogP contribution in [0.2, 0.25) is 0 Å². The fourth-order valence-corrected chi connectivity index (χ4v) is 3.97. The summed E-state index contributed by atoms with van der Waals surface area (Å²) in [5.41, 5.74) is 1.20. The quantitative estimate of drug-likeness (QED) is 0.628. The number of aliphatic imine (C=N–C) groups is 1. The summed E-state index contributed by atoms with van der Waals surface area (Å²) in [6, 6.07) is 1.41. The Hall–Kier alpha value is -1.56. The highest BCUT2D eigenvalue weighted by Gasteiger charge is 2.34. The van der Waals surface area contributed by atoms with E-state index < -0.39 is 0 Å². The van der Waals surface area contributed by atoms with Crippen molar-refractivity contribution in [2.75, 3.05) is 26.7 Å². The van der Waals surface area contributed by atoms with Crippen LogP contribution in [0.15, 0.2) is 11.2 Å². The van der Waals surface area contributed by atoms with Crippen LogP contribution in [-0.2, 0) is 19.4 Å². The minimum atomic E-state index is 0.539. The molecule has 1 saturated carbocycles. The number of aryl methyl sites for hydroxylation is 2. The second-order valence-corrected chi connectivity index (χ2v) is 7.40. The average molecular weight is 330 g/mol. The van der Waals surface area contributed by atoms with Crippen molar-refractivity contribution < 1.29 is 0 Å². The van der Waals surface area contributed by atoms with E-state index in [4.69, 9.17) is 4.98 Å². The van der Waals surface area contributed by atoms with E-state index in [0.717, 1.165) is 37.9 Å². The Balaban J connectivity index is 1.21. The summed E-state index contributed by atoms with van der Waals surface area (Å²) in [7, 11) is 1.86. The SMILES string of the molecule is CN=C(NCCc1cn2c(n1)CCCC2)NC1CCN(C2CC2)C1. The monoisotopic (exact) mass is 330 g/mol. The van der Waals surface area contributed by atoms with E-state index in [1.165, 1.54) is 56.7 Å². The van der Waals surface area contributed by atoms with Crippen LogP contribution in [0.1, 0.15) is 43.6 Å². The lowest BCUT2D eigenvalue weighted by Crippen LogP contribution is -2.45. The Morgan fingerprint density at radius 1 is 1.29 bits per heavy atom. The largest absolute Gasteiger partial charge is 0.356 e. The molecule has 1 aliphatic carbocycles. The third-order valence-electron chi connectivity index (χ3n) is 5.48. The topological polar surface area (TPSA) is 57.5 Å². The van der Waals surface area contributed by atoms with Crippen LogP contribution in [0.5, 0.6) is 0 Å². The molecule has 132 valence electrons. The molecule has 6 nitrogen and oxygen atoms in total. The molecule has 24 heavy (non-hydrogen) atoms. The molecule has 1 aromatic heterocycles. The maximum Gasteiger partial charge on any atom is 0.191 e. The van der Waals surface area contributed by atoms with E-state index in [1.54, 1.807) is 0 Å². The zero-order valence-corrected chi connectivity index (χ0v) is 14.8. The Labute approximate surface area is 144 Å². The molecule has 0 spiro atoms. The first-order valence-electron chi connectivity index (χ1n) is 9.58. The average Bonchev–Trinajstić information content (AvgIpc) is 3.20. The molecule has 2 fully saturated rings. The number of nitrogens with zero attached hydrogens (tertiary/aromatic N) is 4. The lowest BCUT2D eigenvalue weighted by Gasteiger charge is -2.18. The Kier molecular flexibility index (Phi) is 4.74. The molecule has 1 aromatic rings. The van der Waals surface area contributed by atoms with Crippen molar-refractivity contribution in [2.45, 2.75) is 63.6 Å². The maximum absolute atomic E-state index is 4.77. The van der Waals surface area contributed by atoms with Gasteiger partial charge in [-0.2, -0.15) is 0 Å². The molecule has 2 N–H and O–H groups in total. The van der Waals surface area contributed by atoms with Gasteiger partial charge in [0.1, 0.15) is 5.82 Å². The van der Waals surface area contributed by atoms with Gasteiger partial charge in [0, 0.05) is 64.3 Å². The van der Waals surface area contributed by atoms with Crippen molar-refractivity contribution in [3.63, 3.8) is 0 Å². The van der Waals surface area contributed by atoms with Gasteiger partial charge in [0.05, 0.1) is 5.69 Å². The summed E-state index contributed by atoms with van der Waals surface area (Å²) >= 11 is 0. The number of aromatic nitrogens is 2. The fraction of sp³-hybridized carbons (Fsp3) is 0.778. The normalized spacial score (nSPS) is 24.9. The van der Waals surface area contributed by atoms with Crippen molar-refractivity contribution in [3.05, 3.63) is 17.7 Å². The zero-order valence-electron chi connectivity index (χ0n) is 14.8. The second kappa shape index (κ2) is 7.13. The number of imidazole rings is 1. The first kappa shape index (κ1) is 15.9. The molecule has 1 atom stereocenters. The predicted molar refractivity (Wildman–Crippen MR) is 96.4 cm³/mol. The number of hydrogen-bond acceptors (Lipinski definition) is 3. The summed E-state index contributed by atoms with van der Waals surface area (Å²) in [4.78, 5) is 11.8. The van der Waals surface area contributed by atoms with Gasteiger partial charge in [0.15, 0.2) is 5.96 Å². The van der Waals surface area contributed by atoms with Crippen LogP contribution in [0, 0.1) is 0 Å². The van der Waals surface area contributed by atoms with E-state index in [9.17, 15) is 0 Å². The molecule has 1 saturated heterocycles. The molecular formula is C18H30N6. The van der Waals surface area contributed by atoms with E-state index in [1.807, 2.05) is 7.05 Å². The number of nitrogens with one attached hydrogen (secondary N) is 2. The summed E-state index contributed by atoms with van der Waals surface area (Å²) in [6.45, 7) is 4.42. The van der Waals surface area contributed by atoms with Crippen LogP contribution < -0.4 is 10.6 Å². The lowest BCUT2D eigenvalue weighted by molar-refractivity contribution is 0.321. The highest BCUT2D eigenvalue weighted by molar-refractivity contribution is 5.80. The first-order chi connectivity index (χ1) is 11.8. The van der Waals surface area contributed by atoms with Gasteiger partial charge in [0.25, 0.3) is 0 Å². The third-order valence-corrected chi connectivity index (χ3v) is 5.48. The fourth-order valence-electron chi connectivity index (χ4n) is 3.97. The van der Waals surface area contributed by atoms with Gasteiger partial charge in [-0.25, -0.2) is 4.98 Å². The van der Waals surface area contributed by atoms with Crippen molar-refractivity contribution >= 4 is 5.96 Å². The van der Waals surface area contributed by atoms with Crippen molar-refractivity contribution in [1.29, 1.82) is 0 Å². The van der Waals surface area contributed by atoms with Gasteiger partial charge in [-0.3, -0.25) is 9.89 Å². The number of likely N-dealkylation sites (tertiary alicyclic amines) is 1. The molecule has 0 radical (unpaired) electrons. The maximum atomic E-state index is 4.77. The smallest absolute Gasteiger partial charge is 0.191 e. The zero-order chi connectivity index (χ0) is 16.4. The summed E-state index contributed by atoms with van der Waals surface area (Å²) in [6.07, 6.45) is 10.9. The molecule has 3 heterocycles. The van der Waals surface area contributed by atoms with Crippen molar-refractivity contribution in [3.8, 4) is 0 Å². The lowest BCUT2D eigenvalue weighted by atomic mass is 10.2. The van der Waals surface area contributed by atoms with E-state index in [2.05, 4.69) is 31.3 Å². The standard InChI is InChI=1S/C18H30N6/c1-19-18(22-15-8-11-23(12-15)16-5-6-16)20-9-7-14-13-24-10-3-2-4-17(24)21-14/h13,15-16H,2-12H2,1H3,(H2,19,20,22). The predicted octanol–water partition coefficient (Wildman–Crippen LogP) is 1.16. The Bertz CT molecular complexity index is 565. The first-order valence-corrected chi connectivity index (χ1v) is 9.58. The Morgan fingerprint density at radius 3 is 3.00 bits per heavy atom. The summed E-state index contributed by atoms with van der Waals surface area (Å²) in [5.74, 6) is 2.20. The molecular weight excluding hydrogens is 300 g/mol. The highest BCUT2D eigenvalue weighted by Crippen LogP contribution is 2.29. The van der Waals surface area contributed by atoms with Gasteiger partial charge >= 0.3 is 0 Å². The van der Waals surface area contributed by atoms with E-state index >= 15 is 0 Å². The number of rotatable bonds is 5. The van der Waals surface area contributed by atoms with Gasteiger partial charge in [-0.1, -0.05) is 0 Å². The minimum absolute atomic E-state index is 0.539. The third kappa shape index (κ3) is 3.74. The van der Waals surface area contributed by atoms with Crippen LogP contribution >= 0.6 is 0 Å². The molecule has 4 rings (SSSR count). The van der Waals surface area contributed by atoms with Crippen LogP contribution in [0.4, 0.5) is 0 Å². The molecule has 3 aliphatic rings. The summed E-state index contributed by atoms with van der Waals surface area (Å²) < 4.78 is 2.33.